The van der Waals surface area contributed by atoms with Crippen LogP contribution in [0.1, 0.15) is 26.3 Å². The maximum absolute atomic E-state index is 11.8. The topological polar surface area (TPSA) is 20.3 Å². The molecule has 1 aromatic rings. The Morgan fingerprint density at radius 2 is 1.86 bits per heavy atom. The van der Waals surface area contributed by atoms with Gasteiger partial charge in [0.05, 0.1) is 6.42 Å². The molecule has 0 aliphatic carbocycles. The van der Waals surface area contributed by atoms with Crippen LogP contribution in [0.15, 0.2) is 24.3 Å². The lowest BCUT2D eigenvalue weighted by Crippen LogP contribution is -2.43. The molecule has 0 fully saturated rings. The quantitative estimate of drug-likeness (QED) is 0.613. The molecule has 2 heteroatoms. The zero-order valence-electron chi connectivity index (χ0n) is 8.87. The molecule has 1 aromatic carbocycles. The molecule has 2 rings (SSSR count). The maximum atomic E-state index is 11.8. The van der Waals surface area contributed by atoms with Crippen molar-refractivity contribution < 1.29 is 4.79 Å². The van der Waals surface area contributed by atoms with Gasteiger partial charge in [-0.1, -0.05) is 18.2 Å². The third-order valence-electron chi connectivity index (χ3n) is 2.49. The molecule has 0 saturated carbocycles. The van der Waals surface area contributed by atoms with E-state index in [0.717, 1.165) is 11.3 Å². The van der Waals surface area contributed by atoms with Crippen LogP contribution in [0.3, 0.4) is 0 Å². The molecule has 14 heavy (non-hydrogen) atoms. The van der Waals surface area contributed by atoms with Gasteiger partial charge in [0, 0.05) is 11.2 Å². The smallest absolute Gasteiger partial charge is 0.231 e. The first kappa shape index (κ1) is 9.25. The Morgan fingerprint density at radius 1 is 1.21 bits per heavy atom. The molecule has 1 amide bonds. The molecule has 0 N–H and O–H groups in total. The van der Waals surface area contributed by atoms with E-state index in [9.17, 15) is 4.79 Å². The van der Waals surface area contributed by atoms with E-state index in [4.69, 9.17) is 0 Å². The fourth-order valence-corrected chi connectivity index (χ4v) is 1.99. The first-order valence-electron chi connectivity index (χ1n) is 4.91. The molecule has 0 unspecified atom stereocenters. The highest BCUT2D eigenvalue weighted by molar-refractivity contribution is 6.02. The summed E-state index contributed by atoms with van der Waals surface area (Å²) < 4.78 is 0. The molecule has 74 valence electrons. The second-order valence-electron chi connectivity index (χ2n) is 4.71. The predicted molar refractivity (Wildman–Crippen MR) is 57.4 cm³/mol. The van der Waals surface area contributed by atoms with Crippen molar-refractivity contribution in [1.29, 1.82) is 0 Å². The zero-order chi connectivity index (χ0) is 10.3. The molecule has 1 aliphatic rings. The van der Waals surface area contributed by atoms with E-state index >= 15 is 0 Å². The Morgan fingerprint density at radius 3 is 2.50 bits per heavy atom. The van der Waals surface area contributed by atoms with Crippen LogP contribution in [-0.2, 0) is 11.2 Å². The van der Waals surface area contributed by atoms with E-state index in [1.807, 2.05) is 29.2 Å². The lowest BCUT2D eigenvalue weighted by molar-refractivity contribution is -0.118. The minimum Gasteiger partial charge on any atom is -0.307 e. The highest BCUT2D eigenvalue weighted by Crippen LogP contribution is 2.33. The van der Waals surface area contributed by atoms with Crippen molar-refractivity contribution in [2.45, 2.75) is 32.7 Å². The molecular weight excluding hydrogens is 174 g/mol. The summed E-state index contributed by atoms with van der Waals surface area (Å²) in [5, 5.41) is 0. The lowest BCUT2D eigenvalue weighted by atomic mass is 10.1. The van der Waals surface area contributed by atoms with Crippen molar-refractivity contribution in [2.75, 3.05) is 4.90 Å². The molecule has 1 aliphatic heterocycles. The van der Waals surface area contributed by atoms with Gasteiger partial charge in [-0.3, -0.25) is 4.79 Å². The predicted octanol–water partition coefficient (Wildman–Crippen LogP) is 2.37. The lowest BCUT2D eigenvalue weighted by Gasteiger charge is -2.32. The SMILES string of the molecule is CC(C)(C)N1C(=O)Cc2ccccc21. The van der Waals surface area contributed by atoms with E-state index in [1.54, 1.807) is 0 Å². The zero-order valence-corrected chi connectivity index (χ0v) is 8.87. The third-order valence-corrected chi connectivity index (χ3v) is 2.49. The second kappa shape index (κ2) is 2.84. The van der Waals surface area contributed by atoms with Crippen molar-refractivity contribution in [1.82, 2.24) is 0 Å². The number of hydrogen-bond acceptors (Lipinski definition) is 1. The van der Waals surface area contributed by atoms with Crippen molar-refractivity contribution in [3.05, 3.63) is 29.8 Å². The van der Waals surface area contributed by atoms with Gasteiger partial charge in [0.2, 0.25) is 5.91 Å². The Hall–Kier alpha value is -1.31. The van der Waals surface area contributed by atoms with Crippen LogP contribution < -0.4 is 4.90 Å². The molecule has 1 heterocycles. The van der Waals surface area contributed by atoms with E-state index in [1.165, 1.54) is 0 Å². The fraction of sp³-hybridized carbons (Fsp3) is 0.417. The fourth-order valence-electron chi connectivity index (χ4n) is 1.99. The molecule has 0 radical (unpaired) electrons. The van der Waals surface area contributed by atoms with E-state index < -0.39 is 0 Å². The average molecular weight is 189 g/mol. The van der Waals surface area contributed by atoms with Crippen LogP contribution >= 0.6 is 0 Å². The van der Waals surface area contributed by atoms with Crippen LogP contribution in [0.25, 0.3) is 0 Å². The number of para-hydroxylation sites is 1. The normalized spacial score (nSPS) is 15.9. The van der Waals surface area contributed by atoms with Crippen molar-refractivity contribution in [2.24, 2.45) is 0 Å². The number of amides is 1. The van der Waals surface area contributed by atoms with Crippen LogP contribution in [0.2, 0.25) is 0 Å². The number of benzene rings is 1. The Kier molecular flexibility index (Phi) is 1.88. The largest absolute Gasteiger partial charge is 0.307 e. The molecule has 0 saturated heterocycles. The number of carbonyl (C=O) groups excluding carboxylic acids is 1. The van der Waals surface area contributed by atoms with Crippen LogP contribution in [0, 0.1) is 0 Å². The molecule has 0 atom stereocenters. The summed E-state index contributed by atoms with van der Waals surface area (Å²) in [6, 6.07) is 8.01. The summed E-state index contributed by atoms with van der Waals surface area (Å²) in [6.45, 7) is 6.19. The van der Waals surface area contributed by atoms with E-state index in [-0.39, 0.29) is 11.4 Å². The van der Waals surface area contributed by atoms with E-state index in [0.29, 0.717) is 6.42 Å². The van der Waals surface area contributed by atoms with Gasteiger partial charge in [-0.2, -0.15) is 0 Å². The summed E-state index contributed by atoms with van der Waals surface area (Å²) in [4.78, 5) is 13.7. The van der Waals surface area contributed by atoms with Crippen LogP contribution in [0.5, 0.6) is 0 Å². The number of anilines is 1. The summed E-state index contributed by atoms with van der Waals surface area (Å²) in [7, 11) is 0. The highest BCUT2D eigenvalue weighted by Gasteiger charge is 2.34. The first-order chi connectivity index (χ1) is 6.50. The van der Waals surface area contributed by atoms with Crippen LogP contribution in [0.4, 0.5) is 5.69 Å². The maximum Gasteiger partial charge on any atom is 0.231 e. The van der Waals surface area contributed by atoms with Gasteiger partial charge < -0.3 is 4.90 Å². The molecule has 0 aromatic heterocycles. The van der Waals surface area contributed by atoms with E-state index in [2.05, 4.69) is 20.8 Å². The minimum absolute atomic E-state index is 0.121. The summed E-state index contributed by atoms with van der Waals surface area (Å²) in [6.07, 6.45) is 0.549. The molecular formula is C12H15NO. The van der Waals surface area contributed by atoms with Crippen LogP contribution in [-0.4, -0.2) is 11.4 Å². The number of carbonyl (C=O) groups is 1. The molecule has 0 spiro atoms. The van der Waals surface area contributed by atoms with Crippen molar-refractivity contribution in [3.8, 4) is 0 Å². The third kappa shape index (κ3) is 1.31. The number of rotatable bonds is 0. The minimum atomic E-state index is -0.121. The number of hydrogen-bond donors (Lipinski definition) is 0. The van der Waals surface area contributed by atoms with Gasteiger partial charge in [0.1, 0.15) is 0 Å². The summed E-state index contributed by atoms with van der Waals surface area (Å²) in [5.74, 6) is 0.207. The van der Waals surface area contributed by atoms with Gasteiger partial charge >= 0.3 is 0 Å². The Balaban J connectivity index is 2.50. The Bertz CT molecular complexity index is 376. The molecule has 2 nitrogen and oxygen atoms in total. The molecule has 0 bridgehead atoms. The van der Waals surface area contributed by atoms with Gasteiger partial charge in [-0.25, -0.2) is 0 Å². The van der Waals surface area contributed by atoms with Crippen molar-refractivity contribution >= 4 is 11.6 Å². The number of nitrogens with zero attached hydrogens (tertiary/aromatic N) is 1. The van der Waals surface area contributed by atoms with Crippen molar-refractivity contribution in [3.63, 3.8) is 0 Å². The summed E-state index contributed by atoms with van der Waals surface area (Å²) >= 11 is 0. The monoisotopic (exact) mass is 189 g/mol. The standard InChI is InChI=1S/C12H15NO/c1-12(2,3)13-10-7-5-4-6-9(10)8-11(13)14/h4-7H,8H2,1-3H3. The van der Waals surface area contributed by atoms with Gasteiger partial charge in [-0.05, 0) is 32.4 Å². The average Bonchev–Trinajstić information content (AvgIpc) is 2.38. The van der Waals surface area contributed by atoms with Gasteiger partial charge in [0.15, 0.2) is 0 Å². The Labute approximate surface area is 84.5 Å². The summed E-state index contributed by atoms with van der Waals surface area (Å²) in [5.41, 5.74) is 2.10. The van der Waals surface area contributed by atoms with Gasteiger partial charge in [-0.15, -0.1) is 0 Å². The second-order valence-corrected chi connectivity index (χ2v) is 4.71. The van der Waals surface area contributed by atoms with Gasteiger partial charge in [0.25, 0.3) is 0 Å². The highest BCUT2D eigenvalue weighted by atomic mass is 16.2. The first-order valence-corrected chi connectivity index (χ1v) is 4.91. The number of fused-ring (bicyclic) bond motifs is 1.